The van der Waals surface area contributed by atoms with E-state index in [4.69, 9.17) is 4.74 Å². The van der Waals surface area contributed by atoms with Crippen LogP contribution >= 0.6 is 11.3 Å². The fraction of sp³-hybridized carbons (Fsp3) is 0.269. The first kappa shape index (κ1) is 22.7. The lowest BCUT2D eigenvalue weighted by Gasteiger charge is -2.15. The van der Waals surface area contributed by atoms with Crippen LogP contribution in [-0.4, -0.2) is 30.4 Å². The molecule has 1 atom stereocenters. The van der Waals surface area contributed by atoms with Crippen LogP contribution in [0.1, 0.15) is 35.7 Å². The summed E-state index contributed by atoms with van der Waals surface area (Å²) in [6.45, 7) is 1.99. The maximum atomic E-state index is 13.2. The van der Waals surface area contributed by atoms with E-state index in [1.54, 1.807) is 6.92 Å². The number of nitrogens with one attached hydrogen (secondary N) is 2. The number of carbonyl (C=O) groups is 3. The third kappa shape index (κ3) is 5.87. The third-order valence-electron chi connectivity index (χ3n) is 5.47. The quantitative estimate of drug-likeness (QED) is 0.453. The summed E-state index contributed by atoms with van der Waals surface area (Å²) in [5.41, 5.74) is 2.91. The maximum Gasteiger partial charge on any atom is 0.342 e. The molecule has 0 unspecified atom stereocenters. The van der Waals surface area contributed by atoms with Crippen LogP contribution in [0.15, 0.2) is 66.0 Å². The second-order valence-corrected chi connectivity index (χ2v) is 8.94. The van der Waals surface area contributed by atoms with E-state index in [2.05, 4.69) is 10.6 Å². The van der Waals surface area contributed by atoms with Gasteiger partial charge in [0, 0.05) is 23.4 Å². The Bertz CT molecular complexity index is 1120. The van der Waals surface area contributed by atoms with Crippen LogP contribution in [0.2, 0.25) is 0 Å². The number of carbonyl (C=O) groups excluding carboxylic acids is 3. The van der Waals surface area contributed by atoms with Gasteiger partial charge < -0.3 is 15.4 Å². The number of esters is 1. The Morgan fingerprint density at radius 1 is 1.03 bits per heavy atom. The van der Waals surface area contributed by atoms with Crippen molar-refractivity contribution in [3.63, 3.8) is 0 Å². The number of amides is 2. The van der Waals surface area contributed by atoms with Gasteiger partial charge in [0.05, 0.1) is 0 Å². The number of rotatable bonds is 9. The predicted molar refractivity (Wildman–Crippen MR) is 129 cm³/mol. The Morgan fingerprint density at radius 3 is 2.36 bits per heavy atom. The van der Waals surface area contributed by atoms with E-state index < -0.39 is 12.1 Å². The van der Waals surface area contributed by atoms with Crippen LogP contribution in [0.4, 0.5) is 5.00 Å². The molecule has 170 valence electrons. The Balaban J connectivity index is 1.44. The normalized spacial score (nSPS) is 13.7. The average molecular weight is 463 g/mol. The molecule has 7 heteroatoms. The average Bonchev–Trinajstić information content (AvgIpc) is 3.60. The molecule has 0 saturated heterocycles. The number of thiophene rings is 1. The van der Waals surface area contributed by atoms with Crippen molar-refractivity contribution in [3.8, 4) is 11.1 Å². The minimum Gasteiger partial charge on any atom is -0.449 e. The topological polar surface area (TPSA) is 84.5 Å². The summed E-state index contributed by atoms with van der Waals surface area (Å²) in [5, 5.41) is 7.97. The lowest BCUT2D eigenvalue weighted by Crippen LogP contribution is -2.37. The molecule has 1 aliphatic rings. The van der Waals surface area contributed by atoms with Crippen LogP contribution < -0.4 is 10.6 Å². The number of hydrogen-bond donors (Lipinski definition) is 2. The summed E-state index contributed by atoms with van der Waals surface area (Å²) in [4.78, 5) is 38.0. The van der Waals surface area contributed by atoms with Crippen LogP contribution in [0.5, 0.6) is 0 Å². The van der Waals surface area contributed by atoms with Crippen molar-refractivity contribution in [2.24, 2.45) is 5.92 Å². The highest BCUT2D eigenvalue weighted by Crippen LogP contribution is 2.38. The van der Waals surface area contributed by atoms with Gasteiger partial charge >= 0.3 is 5.97 Å². The number of benzene rings is 2. The summed E-state index contributed by atoms with van der Waals surface area (Å²) in [5.74, 6) is -1.08. The van der Waals surface area contributed by atoms with Crippen LogP contribution in [0.3, 0.4) is 0 Å². The minimum absolute atomic E-state index is 0.00506. The number of ether oxygens (including phenoxy) is 1. The molecular weight excluding hydrogens is 436 g/mol. The lowest BCUT2D eigenvalue weighted by molar-refractivity contribution is -0.129. The monoisotopic (exact) mass is 462 g/mol. The molecule has 0 bridgehead atoms. The molecule has 0 spiro atoms. The van der Waals surface area contributed by atoms with E-state index in [-0.39, 0.29) is 23.3 Å². The molecule has 1 fully saturated rings. The Kier molecular flexibility index (Phi) is 7.19. The Labute approximate surface area is 197 Å². The third-order valence-corrected chi connectivity index (χ3v) is 6.37. The second-order valence-electron chi connectivity index (χ2n) is 8.06. The molecule has 1 saturated carbocycles. The SMILES string of the molecule is C[C@@H](OC(=O)c1c(-c2ccccc2)csc1NC(=O)C1CC1)C(=O)NCCc1ccccc1. The van der Waals surface area contributed by atoms with Crippen molar-refractivity contribution < 1.29 is 19.1 Å². The van der Waals surface area contributed by atoms with Gasteiger partial charge in [-0.25, -0.2) is 4.79 Å². The second kappa shape index (κ2) is 10.4. The zero-order valence-corrected chi connectivity index (χ0v) is 19.2. The fourth-order valence-corrected chi connectivity index (χ4v) is 4.39. The molecule has 6 nitrogen and oxygen atoms in total. The minimum atomic E-state index is -0.969. The van der Waals surface area contributed by atoms with Crippen molar-refractivity contribution in [2.45, 2.75) is 32.3 Å². The first-order chi connectivity index (χ1) is 16.0. The summed E-state index contributed by atoms with van der Waals surface area (Å²) < 4.78 is 5.52. The summed E-state index contributed by atoms with van der Waals surface area (Å²) in [6, 6.07) is 19.3. The summed E-state index contributed by atoms with van der Waals surface area (Å²) in [7, 11) is 0. The smallest absolute Gasteiger partial charge is 0.342 e. The number of anilines is 1. The number of hydrogen-bond acceptors (Lipinski definition) is 5. The van der Waals surface area contributed by atoms with Gasteiger partial charge in [-0.15, -0.1) is 11.3 Å². The van der Waals surface area contributed by atoms with Crippen molar-refractivity contribution in [2.75, 3.05) is 11.9 Å². The molecule has 2 aromatic carbocycles. The van der Waals surface area contributed by atoms with Crippen molar-refractivity contribution in [1.82, 2.24) is 5.32 Å². The molecule has 2 N–H and O–H groups in total. The van der Waals surface area contributed by atoms with Gasteiger partial charge in [0.2, 0.25) is 5.91 Å². The molecule has 1 aromatic heterocycles. The van der Waals surface area contributed by atoms with Gasteiger partial charge in [-0.2, -0.15) is 0 Å². The Hall–Kier alpha value is -3.45. The van der Waals surface area contributed by atoms with E-state index in [1.165, 1.54) is 11.3 Å². The summed E-state index contributed by atoms with van der Waals surface area (Å²) in [6.07, 6.45) is 1.45. The Morgan fingerprint density at radius 2 is 1.70 bits per heavy atom. The fourth-order valence-electron chi connectivity index (χ4n) is 3.43. The highest BCUT2D eigenvalue weighted by atomic mass is 32.1. The highest BCUT2D eigenvalue weighted by molar-refractivity contribution is 7.15. The molecule has 1 heterocycles. The van der Waals surface area contributed by atoms with Gasteiger partial charge in [-0.05, 0) is 37.3 Å². The van der Waals surface area contributed by atoms with Gasteiger partial charge in [-0.3, -0.25) is 9.59 Å². The van der Waals surface area contributed by atoms with Crippen LogP contribution in [0, 0.1) is 5.92 Å². The zero-order chi connectivity index (χ0) is 23.2. The van der Waals surface area contributed by atoms with Crippen molar-refractivity contribution in [1.29, 1.82) is 0 Å². The highest BCUT2D eigenvalue weighted by Gasteiger charge is 2.32. The van der Waals surface area contributed by atoms with Gasteiger partial charge in [0.1, 0.15) is 10.6 Å². The molecule has 0 radical (unpaired) electrons. The molecular formula is C26H26N2O4S. The standard InChI is InChI=1S/C26H26N2O4S/c1-17(23(29)27-15-14-18-8-4-2-5-9-18)32-26(31)22-21(19-10-6-3-7-11-19)16-33-25(22)28-24(30)20-12-13-20/h2-11,16-17,20H,12-15H2,1H3,(H,27,29)(H,28,30)/t17-/m1/s1. The molecule has 0 aliphatic heterocycles. The van der Waals surface area contributed by atoms with E-state index in [0.29, 0.717) is 23.5 Å². The van der Waals surface area contributed by atoms with Crippen molar-refractivity contribution in [3.05, 3.63) is 77.2 Å². The predicted octanol–water partition coefficient (Wildman–Crippen LogP) is 4.67. The maximum absolute atomic E-state index is 13.2. The molecule has 1 aliphatic carbocycles. The molecule has 4 rings (SSSR count). The van der Waals surface area contributed by atoms with Crippen molar-refractivity contribution >= 4 is 34.1 Å². The van der Waals surface area contributed by atoms with E-state index >= 15 is 0 Å². The van der Waals surface area contributed by atoms with E-state index in [1.807, 2.05) is 66.0 Å². The van der Waals surface area contributed by atoms with E-state index in [9.17, 15) is 14.4 Å². The van der Waals surface area contributed by atoms with Gasteiger partial charge in [-0.1, -0.05) is 60.7 Å². The summed E-state index contributed by atoms with van der Waals surface area (Å²) >= 11 is 1.29. The van der Waals surface area contributed by atoms with Gasteiger partial charge in [0.25, 0.3) is 5.91 Å². The lowest BCUT2D eigenvalue weighted by atomic mass is 10.0. The first-order valence-electron chi connectivity index (χ1n) is 11.0. The molecule has 3 aromatic rings. The van der Waals surface area contributed by atoms with Gasteiger partial charge in [0.15, 0.2) is 6.10 Å². The van der Waals surface area contributed by atoms with Crippen LogP contribution in [-0.2, 0) is 20.7 Å². The first-order valence-corrected chi connectivity index (χ1v) is 11.9. The van der Waals surface area contributed by atoms with E-state index in [0.717, 1.165) is 24.0 Å². The van der Waals surface area contributed by atoms with Crippen LogP contribution in [0.25, 0.3) is 11.1 Å². The zero-order valence-electron chi connectivity index (χ0n) is 18.4. The molecule has 2 amide bonds. The molecule has 33 heavy (non-hydrogen) atoms. The largest absolute Gasteiger partial charge is 0.449 e.